The number of carbonyl (C=O) groups is 2. The summed E-state index contributed by atoms with van der Waals surface area (Å²) in [6.45, 7) is 1.64. The monoisotopic (exact) mass is 529 g/mol. The molecular formula is C32H27N5O3. The predicted octanol–water partition coefficient (Wildman–Crippen LogP) is 5.08. The Morgan fingerprint density at radius 3 is 2.10 bits per heavy atom. The number of benzene rings is 3. The van der Waals surface area contributed by atoms with Crippen molar-refractivity contribution < 1.29 is 14.7 Å². The Balaban J connectivity index is 1.47. The second-order valence-corrected chi connectivity index (χ2v) is 9.66. The molecule has 1 aliphatic heterocycles. The van der Waals surface area contributed by atoms with E-state index >= 15 is 0 Å². The van der Waals surface area contributed by atoms with Gasteiger partial charge in [-0.25, -0.2) is 0 Å². The molecular weight excluding hydrogens is 502 g/mol. The van der Waals surface area contributed by atoms with E-state index in [1.807, 2.05) is 60.7 Å². The lowest BCUT2D eigenvalue weighted by molar-refractivity contribution is 0.0845. The summed E-state index contributed by atoms with van der Waals surface area (Å²) >= 11 is 0. The molecule has 2 aromatic heterocycles. The van der Waals surface area contributed by atoms with E-state index < -0.39 is 11.8 Å². The third-order valence-electron chi connectivity index (χ3n) is 7.07. The van der Waals surface area contributed by atoms with Crippen molar-refractivity contribution in [3.63, 3.8) is 0 Å². The normalized spacial score (nSPS) is 12.3. The van der Waals surface area contributed by atoms with Crippen molar-refractivity contribution in [1.29, 1.82) is 0 Å². The van der Waals surface area contributed by atoms with Crippen LogP contribution in [0.5, 0.6) is 5.75 Å². The topological polar surface area (TPSA) is 107 Å². The van der Waals surface area contributed by atoms with Crippen molar-refractivity contribution in [2.45, 2.75) is 19.5 Å². The summed E-state index contributed by atoms with van der Waals surface area (Å²) in [6, 6.07) is 26.2. The molecule has 0 bridgehead atoms. The number of hydrogen-bond acceptors (Lipinski definition) is 7. The van der Waals surface area contributed by atoms with Gasteiger partial charge >= 0.3 is 0 Å². The van der Waals surface area contributed by atoms with Crippen LogP contribution >= 0.6 is 0 Å². The molecule has 0 atom stereocenters. The molecule has 8 heteroatoms. The van der Waals surface area contributed by atoms with E-state index in [-0.39, 0.29) is 5.75 Å². The zero-order valence-electron chi connectivity index (χ0n) is 21.7. The van der Waals surface area contributed by atoms with Gasteiger partial charge in [-0.15, -0.1) is 0 Å². The second-order valence-electron chi connectivity index (χ2n) is 9.66. The largest absolute Gasteiger partial charge is 0.508 e. The molecule has 198 valence electrons. The van der Waals surface area contributed by atoms with Gasteiger partial charge in [0.15, 0.2) is 0 Å². The van der Waals surface area contributed by atoms with E-state index in [2.05, 4.69) is 25.5 Å². The second kappa shape index (κ2) is 10.9. The Morgan fingerprint density at radius 1 is 0.750 bits per heavy atom. The van der Waals surface area contributed by atoms with Crippen LogP contribution in [0.25, 0.3) is 10.8 Å². The number of rotatable bonds is 9. The van der Waals surface area contributed by atoms with E-state index in [1.165, 1.54) is 0 Å². The van der Waals surface area contributed by atoms with Crippen molar-refractivity contribution >= 4 is 34.0 Å². The number of imide groups is 1. The van der Waals surface area contributed by atoms with Gasteiger partial charge in [-0.3, -0.25) is 24.9 Å². The van der Waals surface area contributed by atoms with Crippen LogP contribution in [0.1, 0.15) is 37.7 Å². The Hall–Kier alpha value is -5.24. The maximum atomic E-state index is 12.9. The van der Waals surface area contributed by atoms with Crippen molar-refractivity contribution in [2.75, 3.05) is 16.8 Å². The highest BCUT2D eigenvalue weighted by Gasteiger charge is 2.28. The number of phenolic OH excluding ortho intramolecular Hbond substituents is 1. The van der Waals surface area contributed by atoms with Gasteiger partial charge in [-0.1, -0.05) is 24.3 Å². The van der Waals surface area contributed by atoms with Gasteiger partial charge in [-0.05, 0) is 72.6 Å². The molecule has 0 fully saturated rings. The molecule has 8 nitrogen and oxygen atoms in total. The van der Waals surface area contributed by atoms with Crippen molar-refractivity contribution in [1.82, 2.24) is 15.3 Å². The minimum absolute atomic E-state index is 0.226. The van der Waals surface area contributed by atoms with Crippen LogP contribution in [0.15, 0.2) is 97.3 Å². The van der Waals surface area contributed by atoms with Crippen LogP contribution in [-0.4, -0.2) is 33.4 Å². The van der Waals surface area contributed by atoms with Crippen LogP contribution in [0.4, 0.5) is 11.4 Å². The molecule has 0 saturated heterocycles. The minimum Gasteiger partial charge on any atom is -0.508 e. The van der Waals surface area contributed by atoms with Crippen molar-refractivity contribution in [2.24, 2.45) is 0 Å². The van der Waals surface area contributed by atoms with Crippen molar-refractivity contribution in [3.8, 4) is 5.75 Å². The highest BCUT2D eigenvalue weighted by molar-refractivity contribution is 6.28. The number of aromatic nitrogens is 2. The molecule has 40 heavy (non-hydrogen) atoms. The minimum atomic E-state index is -0.406. The number of nitrogens with zero attached hydrogens (tertiary/aromatic N) is 3. The summed E-state index contributed by atoms with van der Waals surface area (Å²) < 4.78 is 0. The molecule has 3 N–H and O–H groups in total. The fraction of sp³-hybridized carbons (Fsp3) is 0.125. The van der Waals surface area contributed by atoms with Crippen LogP contribution in [0.2, 0.25) is 0 Å². The van der Waals surface area contributed by atoms with Crippen LogP contribution in [0.3, 0.4) is 0 Å². The molecule has 3 heterocycles. The van der Waals surface area contributed by atoms with Gasteiger partial charge in [-0.2, -0.15) is 0 Å². The average Bonchev–Trinajstić information content (AvgIpc) is 2.98. The Bertz CT molecular complexity index is 1670. The van der Waals surface area contributed by atoms with Crippen LogP contribution in [-0.2, 0) is 19.5 Å². The molecule has 0 unspecified atom stereocenters. The zero-order chi connectivity index (χ0) is 27.5. The number of amides is 2. The number of phenols is 1. The summed E-state index contributed by atoms with van der Waals surface area (Å²) in [5.74, 6) is -0.586. The number of pyridine rings is 2. The third-order valence-corrected chi connectivity index (χ3v) is 7.07. The van der Waals surface area contributed by atoms with Gasteiger partial charge in [0.05, 0.1) is 24.5 Å². The maximum Gasteiger partial charge on any atom is 0.258 e. The molecule has 0 aliphatic carbocycles. The maximum absolute atomic E-state index is 12.9. The first kappa shape index (κ1) is 25.1. The summed E-state index contributed by atoms with van der Waals surface area (Å²) in [6.07, 6.45) is 4.24. The van der Waals surface area contributed by atoms with E-state index in [4.69, 9.17) is 0 Å². The summed E-state index contributed by atoms with van der Waals surface area (Å²) in [4.78, 5) is 37.0. The smallest absolute Gasteiger partial charge is 0.258 e. The Kier molecular flexibility index (Phi) is 6.80. The molecule has 3 aromatic carbocycles. The van der Waals surface area contributed by atoms with Crippen LogP contribution in [0, 0.1) is 0 Å². The highest BCUT2D eigenvalue weighted by Crippen LogP contribution is 2.39. The van der Waals surface area contributed by atoms with Gasteiger partial charge < -0.3 is 15.3 Å². The highest BCUT2D eigenvalue weighted by atomic mass is 16.3. The fourth-order valence-electron chi connectivity index (χ4n) is 5.09. The standard InChI is InChI=1S/C32H27N5O3/c38-24-9-7-21(8-10-24)15-18-37(20-23-6-2-4-17-34-23)28-14-12-26-29-25(31(39)36-32(26)40)11-13-27(30(28)29)35-19-22-5-1-3-16-33-22/h1-14,16-17,35,38H,15,18-20H2,(H,36,39,40). The average molecular weight is 530 g/mol. The first-order chi connectivity index (χ1) is 19.6. The van der Waals surface area contributed by atoms with Gasteiger partial charge in [0.2, 0.25) is 0 Å². The van der Waals surface area contributed by atoms with E-state index in [9.17, 15) is 14.7 Å². The Labute approximate surface area is 231 Å². The third kappa shape index (κ3) is 5.07. The summed E-state index contributed by atoms with van der Waals surface area (Å²) in [7, 11) is 0. The number of carbonyl (C=O) groups excluding carboxylic acids is 2. The van der Waals surface area contributed by atoms with Gasteiger partial charge in [0.25, 0.3) is 11.8 Å². The quantitative estimate of drug-likeness (QED) is 0.229. The first-order valence-electron chi connectivity index (χ1n) is 13.1. The van der Waals surface area contributed by atoms with E-state index in [0.29, 0.717) is 42.6 Å². The predicted molar refractivity (Wildman–Crippen MR) is 154 cm³/mol. The number of aromatic hydroxyl groups is 1. The van der Waals surface area contributed by atoms with Crippen LogP contribution < -0.4 is 15.5 Å². The lowest BCUT2D eigenvalue weighted by Gasteiger charge is -2.29. The lowest BCUT2D eigenvalue weighted by Crippen LogP contribution is -2.35. The van der Waals surface area contributed by atoms with E-state index in [1.54, 1.807) is 36.7 Å². The molecule has 0 radical (unpaired) electrons. The molecule has 0 saturated carbocycles. The molecule has 0 spiro atoms. The number of nitrogens with one attached hydrogen (secondary N) is 2. The Morgan fingerprint density at radius 2 is 1.43 bits per heavy atom. The molecule has 1 aliphatic rings. The first-order valence-corrected chi connectivity index (χ1v) is 13.1. The number of hydrogen-bond donors (Lipinski definition) is 3. The van der Waals surface area contributed by atoms with Crippen molar-refractivity contribution in [3.05, 3.63) is 125 Å². The van der Waals surface area contributed by atoms with Gasteiger partial charge in [0, 0.05) is 52.2 Å². The lowest BCUT2D eigenvalue weighted by atomic mass is 9.92. The molecule has 5 aromatic rings. The molecule has 2 amide bonds. The number of anilines is 2. The SMILES string of the molecule is O=C1NC(=O)c2ccc(N(CCc3ccc(O)cc3)Cc3ccccn3)c3c(NCc4ccccn4)ccc1c23. The summed E-state index contributed by atoms with van der Waals surface area (Å²) in [5, 5.41) is 17.1. The van der Waals surface area contributed by atoms with E-state index in [0.717, 1.165) is 33.7 Å². The fourth-order valence-corrected chi connectivity index (χ4v) is 5.09. The van der Waals surface area contributed by atoms with Gasteiger partial charge in [0.1, 0.15) is 5.75 Å². The zero-order valence-corrected chi connectivity index (χ0v) is 21.7. The molecule has 6 rings (SSSR count). The summed E-state index contributed by atoms with van der Waals surface area (Å²) in [5.41, 5.74) is 5.46.